The van der Waals surface area contributed by atoms with Crippen LogP contribution in [0, 0.1) is 0 Å². The minimum atomic E-state index is -0.286. The average molecular weight is 439 g/mol. The monoisotopic (exact) mass is 438 g/mol. The van der Waals surface area contributed by atoms with Gasteiger partial charge in [-0.2, -0.15) is 0 Å². The Bertz CT molecular complexity index is 845. The largest absolute Gasteiger partial charge is 0.495 e. The van der Waals surface area contributed by atoms with Crippen molar-refractivity contribution in [2.45, 2.75) is 19.8 Å². The molecule has 1 N–H and O–H groups in total. The number of amides is 2. The normalized spacial score (nSPS) is 10.3. The van der Waals surface area contributed by atoms with Crippen LogP contribution in [-0.2, 0) is 9.59 Å². The molecule has 0 aliphatic heterocycles. The molecule has 0 saturated carbocycles. The van der Waals surface area contributed by atoms with Gasteiger partial charge in [-0.05, 0) is 37.6 Å². The van der Waals surface area contributed by atoms with Crippen molar-refractivity contribution in [3.05, 3.63) is 52.5 Å². The van der Waals surface area contributed by atoms with Gasteiger partial charge in [0.25, 0.3) is 0 Å². The molecule has 2 aromatic rings. The Labute approximate surface area is 180 Å². The van der Waals surface area contributed by atoms with E-state index in [1.807, 2.05) is 13.0 Å². The molecule has 2 aromatic carbocycles. The zero-order valence-electron chi connectivity index (χ0n) is 16.4. The second kappa shape index (κ2) is 11.5. The maximum absolute atomic E-state index is 12.4. The van der Waals surface area contributed by atoms with Crippen LogP contribution in [0.15, 0.2) is 42.5 Å². The summed E-state index contributed by atoms with van der Waals surface area (Å²) in [6.07, 6.45) is 0.750. The first-order chi connectivity index (χ1) is 14.0. The van der Waals surface area contributed by atoms with Crippen LogP contribution in [0.25, 0.3) is 0 Å². The van der Waals surface area contributed by atoms with Crippen LogP contribution in [-0.4, -0.2) is 43.5 Å². The van der Waals surface area contributed by atoms with E-state index in [0.29, 0.717) is 46.8 Å². The van der Waals surface area contributed by atoms with E-state index in [-0.39, 0.29) is 24.8 Å². The summed E-state index contributed by atoms with van der Waals surface area (Å²) in [6, 6.07) is 12.2. The van der Waals surface area contributed by atoms with Gasteiger partial charge in [-0.15, -0.1) is 0 Å². The molecule has 0 bridgehead atoms. The van der Waals surface area contributed by atoms with E-state index in [1.54, 1.807) is 36.4 Å². The molecular formula is C21H24Cl2N2O4. The standard InChI is InChI=1S/C21H24Cl2N2O4/c1-3-25(14-19(26)24-16-9-4-5-10-17(16)28-2)20(27)12-7-13-29-18-11-6-8-15(22)21(18)23/h4-6,8-11H,3,7,12-14H2,1-2H3,(H,24,26). The third-order valence-electron chi connectivity index (χ3n) is 4.16. The number of anilines is 1. The zero-order chi connectivity index (χ0) is 21.2. The number of carbonyl (C=O) groups is 2. The number of methoxy groups -OCH3 is 1. The van der Waals surface area contributed by atoms with Crippen molar-refractivity contribution >= 4 is 40.7 Å². The number of hydrogen-bond acceptors (Lipinski definition) is 4. The molecule has 0 aromatic heterocycles. The maximum atomic E-state index is 12.4. The predicted octanol–water partition coefficient (Wildman–Crippen LogP) is 4.65. The minimum Gasteiger partial charge on any atom is -0.495 e. The smallest absolute Gasteiger partial charge is 0.244 e. The van der Waals surface area contributed by atoms with Crippen molar-refractivity contribution in [2.75, 3.05) is 32.1 Å². The average Bonchev–Trinajstić information content (AvgIpc) is 2.72. The summed E-state index contributed by atoms with van der Waals surface area (Å²) in [5.41, 5.74) is 0.565. The first-order valence-corrected chi connectivity index (χ1v) is 9.99. The fourth-order valence-corrected chi connectivity index (χ4v) is 2.99. The Morgan fingerprint density at radius 1 is 1.07 bits per heavy atom. The van der Waals surface area contributed by atoms with Gasteiger partial charge in [0.15, 0.2) is 0 Å². The van der Waals surface area contributed by atoms with Gasteiger partial charge in [0.05, 0.1) is 31.0 Å². The van der Waals surface area contributed by atoms with E-state index >= 15 is 0 Å². The SMILES string of the molecule is CCN(CC(=O)Nc1ccccc1OC)C(=O)CCCOc1cccc(Cl)c1Cl. The molecular weight excluding hydrogens is 415 g/mol. The van der Waals surface area contributed by atoms with Crippen molar-refractivity contribution < 1.29 is 19.1 Å². The van der Waals surface area contributed by atoms with Gasteiger partial charge in [0, 0.05) is 13.0 Å². The fourth-order valence-electron chi connectivity index (χ4n) is 2.65. The minimum absolute atomic E-state index is 0.0334. The second-order valence-corrected chi connectivity index (χ2v) is 6.95. The lowest BCUT2D eigenvalue weighted by molar-refractivity contribution is -0.134. The second-order valence-electron chi connectivity index (χ2n) is 6.16. The van der Waals surface area contributed by atoms with Crippen molar-refractivity contribution in [3.63, 3.8) is 0 Å². The molecule has 0 heterocycles. The first kappa shape index (κ1) is 22.8. The highest BCUT2D eigenvalue weighted by Crippen LogP contribution is 2.31. The molecule has 6 nitrogen and oxygen atoms in total. The van der Waals surface area contributed by atoms with E-state index in [9.17, 15) is 9.59 Å². The van der Waals surface area contributed by atoms with E-state index in [2.05, 4.69) is 5.32 Å². The first-order valence-electron chi connectivity index (χ1n) is 9.23. The van der Waals surface area contributed by atoms with E-state index in [4.69, 9.17) is 32.7 Å². The van der Waals surface area contributed by atoms with Gasteiger partial charge in [0.1, 0.15) is 16.5 Å². The number of ether oxygens (including phenoxy) is 2. The molecule has 0 spiro atoms. The van der Waals surface area contributed by atoms with Crippen LogP contribution in [0.3, 0.4) is 0 Å². The Hall–Kier alpha value is -2.44. The van der Waals surface area contributed by atoms with Crippen molar-refractivity contribution in [1.82, 2.24) is 4.90 Å². The Morgan fingerprint density at radius 2 is 1.79 bits per heavy atom. The Kier molecular flexibility index (Phi) is 9.09. The molecule has 156 valence electrons. The number of benzene rings is 2. The van der Waals surface area contributed by atoms with Gasteiger partial charge < -0.3 is 19.7 Å². The van der Waals surface area contributed by atoms with Crippen LogP contribution in [0.5, 0.6) is 11.5 Å². The lowest BCUT2D eigenvalue weighted by Gasteiger charge is -2.21. The summed E-state index contributed by atoms with van der Waals surface area (Å²) >= 11 is 12.0. The molecule has 2 amide bonds. The molecule has 29 heavy (non-hydrogen) atoms. The number of carbonyl (C=O) groups excluding carboxylic acids is 2. The number of hydrogen-bond donors (Lipinski definition) is 1. The van der Waals surface area contributed by atoms with Crippen molar-refractivity contribution in [2.24, 2.45) is 0 Å². The highest BCUT2D eigenvalue weighted by atomic mass is 35.5. The number of likely N-dealkylation sites (N-methyl/N-ethyl adjacent to an activating group) is 1. The van der Waals surface area contributed by atoms with E-state index in [1.165, 1.54) is 12.0 Å². The van der Waals surface area contributed by atoms with Crippen molar-refractivity contribution in [3.8, 4) is 11.5 Å². The summed E-state index contributed by atoms with van der Waals surface area (Å²) in [6.45, 7) is 2.54. The molecule has 8 heteroatoms. The van der Waals surface area contributed by atoms with E-state index < -0.39 is 0 Å². The van der Waals surface area contributed by atoms with Gasteiger partial charge in [-0.3, -0.25) is 9.59 Å². The third-order valence-corrected chi connectivity index (χ3v) is 4.96. The number of nitrogens with one attached hydrogen (secondary N) is 1. The highest BCUT2D eigenvalue weighted by molar-refractivity contribution is 6.42. The zero-order valence-corrected chi connectivity index (χ0v) is 17.9. The highest BCUT2D eigenvalue weighted by Gasteiger charge is 2.16. The van der Waals surface area contributed by atoms with E-state index in [0.717, 1.165) is 0 Å². The van der Waals surface area contributed by atoms with Crippen LogP contribution >= 0.6 is 23.2 Å². The number of rotatable bonds is 10. The Morgan fingerprint density at radius 3 is 2.52 bits per heavy atom. The predicted molar refractivity (Wildman–Crippen MR) is 115 cm³/mol. The number of halogens is 2. The lowest BCUT2D eigenvalue weighted by Crippen LogP contribution is -2.37. The van der Waals surface area contributed by atoms with Crippen LogP contribution in [0.4, 0.5) is 5.69 Å². The molecule has 0 unspecified atom stereocenters. The summed E-state index contributed by atoms with van der Waals surface area (Å²) in [5, 5.41) is 3.54. The molecule has 0 saturated heterocycles. The lowest BCUT2D eigenvalue weighted by atomic mass is 10.2. The summed E-state index contributed by atoms with van der Waals surface area (Å²) in [4.78, 5) is 26.3. The quantitative estimate of drug-likeness (QED) is 0.548. The topological polar surface area (TPSA) is 67.9 Å². The van der Waals surface area contributed by atoms with Crippen LogP contribution in [0.2, 0.25) is 10.0 Å². The molecule has 0 atom stereocenters. The van der Waals surface area contributed by atoms with Gasteiger partial charge in [-0.25, -0.2) is 0 Å². The van der Waals surface area contributed by atoms with Crippen molar-refractivity contribution in [1.29, 1.82) is 0 Å². The molecule has 0 aliphatic rings. The summed E-state index contributed by atoms with van der Waals surface area (Å²) in [5.74, 6) is 0.636. The Balaban J connectivity index is 1.80. The van der Waals surface area contributed by atoms with Gasteiger partial charge in [0.2, 0.25) is 11.8 Å². The summed E-state index contributed by atoms with van der Waals surface area (Å²) < 4.78 is 10.8. The maximum Gasteiger partial charge on any atom is 0.244 e. The fraction of sp³-hybridized carbons (Fsp3) is 0.333. The molecule has 0 radical (unpaired) electrons. The number of para-hydroxylation sites is 2. The number of nitrogens with zero attached hydrogens (tertiary/aromatic N) is 1. The molecule has 2 rings (SSSR count). The van der Waals surface area contributed by atoms with Crippen LogP contribution in [0.1, 0.15) is 19.8 Å². The van der Waals surface area contributed by atoms with Gasteiger partial charge in [-0.1, -0.05) is 41.4 Å². The summed E-state index contributed by atoms with van der Waals surface area (Å²) in [7, 11) is 1.53. The molecule has 0 aliphatic carbocycles. The van der Waals surface area contributed by atoms with Crippen LogP contribution < -0.4 is 14.8 Å². The van der Waals surface area contributed by atoms with Gasteiger partial charge >= 0.3 is 0 Å². The third kappa shape index (κ3) is 6.84. The molecule has 0 fully saturated rings.